The number of rotatable bonds is 19. The van der Waals surface area contributed by atoms with Crippen LogP contribution in [0.15, 0.2) is 60.7 Å². The van der Waals surface area contributed by atoms with Gasteiger partial charge in [-0.1, -0.05) is 113 Å². The molecule has 0 aromatic heterocycles. The molecule has 2 aromatic carbocycles. The molecule has 0 saturated heterocycles. The van der Waals surface area contributed by atoms with Crippen molar-refractivity contribution in [3.8, 4) is 0 Å². The smallest absolute Gasteiger partial charge is 0.338 e. The van der Waals surface area contributed by atoms with Gasteiger partial charge < -0.3 is 18.9 Å². The molecule has 0 heterocycles. The highest BCUT2D eigenvalue weighted by Crippen LogP contribution is 2.16. The molecule has 0 radical (unpaired) electrons. The predicted molar refractivity (Wildman–Crippen MR) is 140 cm³/mol. The van der Waals surface area contributed by atoms with E-state index >= 15 is 0 Å². The molecule has 198 valence electrons. The zero-order chi connectivity index (χ0) is 25.8. The van der Waals surface area contributed by atoms with Crippen molar-refractivity contribution < 1.29 is 28.5 Å². The van der Waals surface area contributed by atoms with E-state index in [1.807, 2.05) is 60.7 Å². The van der Waals surface area contributed by atoms with Gasteiger partial charge in [-0.3, -0.25) is 0 Å². The average molecular weight is 499 g/mol. The zero-order valence-corrected chi connectivity index (χ0v) is 21.9. The highest BCUT2D eigenvalue weighted by molar-refractivity contribution is 5.85. The number of esters is 2. The first-order valence-corrected chi connectivity index (χ1v) is 13.3. The summed E-state index contributed by atoms with van der Waals surface area (Å²) in [4.78, 5) is 26.3. The second-order valence-corrected chi connectivity index (χ2v) is 8.89. The van der Waals surface area contributed by atoms with Gasteiger partial charge in [-0.25, -0.2) is 9.59 Å². The van der Waals surface area contributed by atoms with Gasteiger partial charge in [-0.05, 0) is 24.0 Å². The molecule has 2 rings (SSSR count). The highest BCUT2D eigenvalue weighted by atomic mass is 16.6. The molecular weight excluding hydrogens is 456 g/mol. The second kappa shape index (κ2) is 18.6. The Morgan fingerprint density at radius 1 is 0.583 bits per heavy atom. The summed E-state index contributed by atoms with van der Waals surface area (Å²) in [5, 5.41) is 0. The van der Waals surface area contributed by atoms with Crippen molar-refractivity contribution in [1.82, 2.24) is 0 Å². The van der Waals surface area contributed by atoms with Crippen LogP contribution in [0.4, 0.5) is 0 Å². The van der Waals surface area contributed by atoms with Crippen LogP contribution in [-0.4, -0.2) is 37.4 Å². The van der Waals surface area contributed by atoms with Crippen molar-refractivity contribution in [1.29, 1.82) is 0 Å². The van der Waals surface area contributed by atoms with Crippen molar-refractivity contribution in [3.63, 3.8) is 0 Å². The van der Waals surface area contributed by atoms with E-state index in [0.29, 0.717) is 0 Å². The van der Waals surface area contributed by atoms with E-state index in [2.05, 4.69) is 13.8 Å². The Morgan fingerprint density at radius 3 is 1.33 bits per heavy atom. The van der Waals surface area contributed by atoms with Gasteiger partial charge in [0.2, 0.25) is 0 Å². The lowest BCUT2D eigenvalue weighted by atomic mass is 10.1. The van der Waals surface area contributed by atoms with Crippen LogP contribution in [0.2, 0.25) is 0 Å². The van der Waals surface area contributed by atoms with Crippen LogP contribution in [-0.2, 0) is 41.8 Å². The van der Waals surface area contributed by atoms with Crippen molar-refractivity contribution in [2.24, 2.45) is 0 Å². The number of hydrogen-bond donors (Lipinski definition) is 0. The minimum atomic E-state index is -1.23. The third-order valence-corrected chi connectivity index (χ3v) is 5.77. The van der Waals surface area contributed by atoms with Gasteiger partial charge in [0, 0.05) is 0 Å². The van der Waals surface area contributed by atoms with E-state index in [1.54, 1.807) is 0 Å². The molecule has 2 unspecified atom stereocenters. The van der Waals surface area contributed by atoms with E-state index < -0.39 is 24.1 Å². The van der Waals surface area contributed by atoms with Crippen molar-refractivity contribution >= 4 is 11.9 Å². The Balaban J connectivity index is 2.13. The first kappa shape index (κ1) is 29.5. The SMILES string of the molecule is CCCCCCOC(=O)C(OCc1ccccc1)C(OCc1ccccc1)C(=O)OCCCCCC. The van der Waals surface area contributed by atoms with E-state index in [9.17, 15) is 9.59 Å². The fourth-order valence-corrected chi connectivity index (χ4v) is 3.65. The molecule has 0 bridgehead atoms. The lowest BCUT2D eigenvalue weighted by molar-refractivity contribution is -0.186. The molecule has 0 N–H and O–H groups in total. The fraction of sp³-hybridized carbons (Fsp3) is 0.533. The third-order valence-electron chi connectivity index (χ3n) is 5.77. The fourth-order valence-electron chi connectivity index (χ4n) is 3.65. The molecule has 0 spiro atoms. The van der Waals surface area contributed by atoms with Crippen LogP contribution in [0.5, 0.6) is 0 Å². The highest BCUT2D eigenvalue weighted by Gasteiger charge is 2.38. The summed E-state index contributed by atoms with van der Waals surface area (Å²) in [6.07, 6.45) is 5.38. The number of hydrogen-bond acceptors (Lipinski definition) is 6. The van der Waals surface area contributed by atoms with Crippen LogP contribution in [0.3, 0.4) is 0 Å². The quantitative estimate of drug-likeness (QED) is 0.165. The molecule has 0 fully saturated rings. The number of carbonyl (C=O) groups is 2. The van der Waals surface area contributed by atoms with Crippen LogP contribution in [0.25, 0.3) is 0 Å². The Hall–Kier alpha value is -2.70. The lowest BCUT2D eigenvalue weighted by Gasteiger charge is -2.25. The Labute approximate surface area is 216 Å². The maximum Gasteiger partial charge on any atom is 0.338 e. The summed E-state index contributed by atoms with van der Waals surface area (Å²) in [6, 6.07) is 19.0. The largest absolute Gasteiger partial charge is 0.464 e. The number of ether oxygens (including phenoxy) is 4. The minimum Gasteiger partial charge on any atom is -0.464 e. The Morgan fingerprint density at radius 2 is 0.972 bits per heavy atom. The average Bonchev–Trinajstić information content (AvgIpc) is 2.91. The summed E-state index contributed by atoms with van der Waals surface area (Å²) < 4.78 is 23.0. The van der Waals surface area contributed by atoms with Gasteiger partial charge >= 0.3 is 11.9 Å². The molecule has 2 atom stereocenters. The molecule has 6 nitrogen and oxygen atoms in total. The van der Waals surface area contributed by atoms with Gasteiger partial charge in [-0.2, -0.15) is 0 Å². The maximum absolute atomic E-state index is 13.1. The van der Waals surface area contributed by atoms with E-state index in [4.69, 9.17) is 18.9 Å². The zero-order valence-electron chi connectivity index (χ0n) is 21.9. The first-order chi connectivity index (χ1) is 17.7. The lowest BCUT2D eigenvalue weighted by Crippen LogP contribution is -2.45. The summed E-state index contributed by atoms with van der Waals surface area (Å²) in [6.45, 7) is 5.10. The van der Waals surface area contributed by atoms with Gasteiger partial charge in [0.1, 0.15) is 0 Å². The predicted octanol–water partition coefficient (Wildman–Crippen LogP) is 6.40. The van der Waals surface area contributed by atoms with E-state index in [1.165, 1.54) is 0 Å². The Kier molecular flexibility index (Phi) is 15.2. The van der Waals surface area contributed by atoms with Gasteiger partial charge in [0.05, 0.1) is 26.4 Å². The van der Waals surface area contributed by atoms with Crippen molar-refractivity contribution in [2.45, 2.75) is 90.6 Å². The monoisotopic (exact) mass is 498 g/mol. The maximum atomic E-state index is 13.1. The molecule has 0 aliphatic heterocycles. The van der Waals surface area contributed by atoms with Crippen LogP contribution in [0, 0.1) is 0 Å². The van der Waals surface area contributed by atoms with Crippen LogP contribution >= 0.6 is 0 Å². The number of carbonyl (C=O) groups excluding carboxylic acids is 2. The molecule has 0 saturated carbocycles. The molecular formula is C30H42O6. The number of unbranched alkanes of at least 4 members (excludes halogenated alkanes) is 6. The van der Waals surface area contributed by atoms with Crippen molar-refractivity contribution in [3.05, 3.63) is 71.8 Å². The molecule has 6 heteroatoms. The van der Waals surface area contributed by atoms with Crippen LogP contribution in [0.1, 0.15) is 76.3 Å². The van der Waals surface area contributed by atoms with E-state index in [-0.39, 0.29) is 26.4 Å². The first-order valence-electron chi connectivity index (χ1n) is 13.3. The molecule has 36 heavy (non-hydrogen) atoms. The molecule has 0 aliphatic rings. The standard InChI is InChI=1S/C30H42O6/c1-3-5-7-15-21-33-29(31)27(35-23-25-17-11-9-12-18-25)28(30(32)34-22-16-8-6-4-2)36-24-26-19-13-10-14-20-26/h9-14,17-20,27-28H,3-8,15-16,21-24H2,1-2H3. The van der Waals surface area contributed by atoms with Gasteiger partial charge in [0.15, 0.2) is 12.2 Å². The third kappa shape index (κ3) is 11.8. The molecule has 2 aromatic rings. The molecule has 0 aliphatic carbocycles. The topological polar surface area (TPSA) is 71.1 Å². The summed E-state index contributed by atoms with van der Waals surface area (Å²) in [5.74, 6) is -1.22. The summed E-state index contributed by atoms with van der Waals surface area (Å²) in [5.41, 5.74) is 1.76. The van der Waals surface area contributed by atoms with Gasteiger partial charge in [0.25, 0.3) is 0 Å². The van der Waals surface area contributed by atoms with Crippen molar-refractivity contribution in [2.75, 3.05) is 13.2 Å². The number of benzene rings is 2. The second-order valence-electron chi connectivity index (χ2n) is 8.89. The normalized spacial score (nSPS) is 12.6. The summed E-state index contributed by atoms with van der Waals surface area (Å²) in [7, 11) is 0. The van der Waals surface area contributed by atoms with Crippen LogP contribution < -0.4 is 0 Å². The molecule has 0 amide bonds. The minimum absolute atomic E-state index is 0.144. The summed E-state index contributed by atoms with van der Waals surface area (Å²) >= 11 is 0. The Bertz CT molecular complexity index is 768. The van der Waals surface area contributed by atoms with Gasteiger partial charge in [-0.15, -0.1) is 0 Å². The van der Waals surface area contributed by atoms with E-state index in [0.717, 1.165) is 62.5 Å².